The minimum Gasteiger partial charge on any atom is -0.494 e. The van der Waals surface area contributed by atoms with Crippen molar-refractivity contribution in [3.8, 4) is 17.7 Å². The van der Waals surface area contributed by atoms with Gasteiger partial charge in [0.05, 0.1) is 25.1 Å². The van der Waals surface area contributed by atoms with Gasteiger partial charge in [-0.3, -0.25) is 9.36 Å². The molecule has 0 amide bonds. The molecule has 8 nitrogen and oxygen atoms in total. The lowest BCUT2D eigenvalue weighted by atomic mass is 10.1. The summed E-state index contributed by atoms with van der Waals surface area (Å²) >= 11 is 0. The molecule has 1 N–H and O–H groups in total. The Hall–Kier alpha value is -3.86. The van der Waals surface area contributed by atoms with E-state index in [2.05, 4.69) is 10.2 Å². The second-order valence-corrected chi connectivity index (χ2v) is 5.88. The average Bonchev–Trinajstić information content (AvgIpc) is 3.20. The number of pyridine rings is 1. The topological polar surface area (TPSA) is 113 Å². The second-order valence-electron chi connectivity index (χ2n) is 5.88. The number of hydrogen-bond donors (Lipinski definition) is 1. The van der Waals surface area contributed by atoms with E-state index >= 15 is 0 Å². The summed E-state index contributed by atoms with van der Waals surface area (Å²) in [4.78, 5) is 12.8. The molecule has 0 radical (unpaired) electrons. The molecule has 2 heterocycles. The number of ether oxygens (including phenoxy) is 1. The van der Waals surface area contributed by atoms with Gasteiger partial charge in [-0.05, 0) is 50.2 Å². The normalized spacial score (nSPS) is 10.9. The third-order valence-electron chi connectivity index (χ3n) is 4.08. The number of aromatic hydroxyl groups is 1. The van der Waals surface area contributed by atoms with Crippen LogP contribution in [0.15, 0.2) is 62.1 Å². The molecule has 0 atom stereocenters. The van der Waals surface area contributed by atoms with Gasteiger partial charge in [0.15, 0.2) is 5.69 Å². The van der Waals surface area contributed by atoms with Crippen LogP contribution in [0.4, 0.5) is 11.4 Å². The number of nitrogens with zero attached hydrogens (tertiary/aromatic N) is 4. The number of furan rings is 1. The van der Waals surface area contributed by atoms with Crippen molar-refractivity contribution < 1.29 is 14.3 Å². The van der Waals surface area contributed by atoms with Crippen LogP contribution < -0.4 is 10.3 Å². The van der Waals surface area contributed by atoms with E-state index in [-0.39, 0.29) is 23.4 Å². The first kappa shape index (κ1) is 18.9. The molecule has 0 spiro atoms. The van der Waals surface area contributed by atoms with Gasteiger partial charge in [-0.15, -0.1) is 5.11 Å². The summed E-state index contributed by atoms with van der Waals surface area (Å²) in [6.07, 6.45) is 1.46. The van der Waals surface area contributed by atoms with Crippen molar-refractivity contribution in [2.24, 2.45) is 10.2 Å². The van der Waals surface area contributed by atoms with Gasteiger partial charge >= 0.3 is 0 Å². The Morgan fingerprint density at radius 2 is 2.00 bits per heavy atom. The predicted molar refractivity (Wildman–Crippen MR) is 101 cm³/mol. The molecule has 0 saturated carbocycles. The Morgan fingerprint density at radius 1 is 1.25 bits per heavy atom. The number of azo groups is 1. The second kappa shape index (κ2) is 8.22. The van der Waals surface area contributed by atoms with Gasteiger partial charge < -0.3 is 14.3 Å². The minimum atomic E-state index is -0.569. The SMILES string of the molecule is CCOc1ccc(N=Nc2c(C)c(C#N)c(O)n(Cc3ccco3)c2=O)cc1. The molecule has 2 aromatic heterocycles. The zero-order valence-corrected chi connectivity index (χ0v) is 15.4. The smallest absolute Gasteiger partial charge is 0.281 e. The first-order chi connectivity index (χ1) is 13.5. The molecular weight excluding hydrogens is 360 g/mol. The molecule has 142 valence electrons. The number of rotatable bonds is 6. The van der Waals surface area contributed by atoms with Crippen LogP contribution in [0.5, 0.6) is 11.6 Å². The monoisotopic (exact) mass is 378 g/mol. The maximum atomic E-state index is 12.8. The predicted octanol–water partition coefficient (Wildman–Crippen LogP) is 4.19. The Labute approximate surface area is 161 Å². The van der Waals surface area contributed by atoms with Crippen LogP contribution in [0, 0.1) is 18.3 Å². The quantitative estimate of drug-likeness (QED) is 0.646. The van der Waals surface area contributed by atoms with Crippen molar-refractivity contribution in [1.82, 2.24) is 4.57 Å². The highest BCUT2D eigenvalue weighted by Gasteiger charge is 2.20. The van der Waals surface area contributed by atoms with E-state index in [1.165, 1.54) is 6.26 Å². The van der Waals surface area contributed by atoms with Crippen LogP contribution >= 0.6 is 0 Å². The number of aromatic nitrogens is 1. The van der Waals surface area contributed by atoms with Crippen molar-refractivity contribution in [2.75, 3.05) is 6.61 Å². The van der Waals surface area contributed by atoms with Crippen LogP contribution in [0.2, 0.25) is 0 Å². The van der Waals surface area contributed by atoms with Crippen LogP contribution in [0.1, 0.15) is 23.8 Å². The summed E-state index contributed by atoms with van der Waals surface area (Å²) < 4.78 is 11.6. The third kappa shape index (κ3) is 3.78. The van der Waals surface area contributed by atoms with E-state index in [9.17, 15) is 15.2 Å². The number of nitriles is 1. The zero-order chi connectivity index (χ0) is 20.1. The fraction of sp³-hybridized carbons (Fsp3) is 0.200. The molecule has 0 saturated heterocycles. The Kier molecular flexibility index (Phi) is 5.56. The van der Waals surface area contributed by atoms with Crippen LogP contribution in [-0.2, 0) is 6.54 Å². The molecule has 0 aliphatic rings. The summed E-state index contributed by atoms with van der Waals surface area (Å²) in [6.45, 7) is 3.96. The van der Waals surface area contributed by atoms with Gasteiger partial charge in [0.1, 0.15) is 23.1 Å². The van der Waals surface area contributed by atoms with E-state index in [1.807, 2.05) is 13.0 Å². The molecule has 28 heavy (non-hydrogen) atoms. The minimum absolute atomic E-state index is 0.0187. The lowest BCUT2D eigenvalue weighted by Crippen LogP contribution is -2.22. The van der Waals surface area contributed by atoms with Crippen molar-refractivity contribution in [3.05, 3.63) is 69.9 Å². The molecule has 3 aromatic rings. The van der Waals surface area contributed by atoms with Gasteiger partial charge in [-0.2, -0.15) is 10.4 Å². The summed E-state index contributed by atoms with van der Waals surface area (Å²) in [5, 5.41) is 27.9. The van der Waals surface area contributed by atoms with E-state index < -0.39 is 11.4 Å². The summed E-state index contributed by atoms with van der Waals surface area (Å²) in [6, 6.07) is 12.2. The van der Waals surface area contributed by atoms with Crippen LogP contribution in [0.25, 0.3) is 0 Å². The fourth-order valence-corrected chi connectivity index (χ4v) is 2.65. The number of hydrogen-bond acceptors (Lipinski definition) is 7. The van der Waals surface area contributed by atoms with Crippen molar-refractivity contribution in [2.45, 2.75) is 20.4 Å². The van der Waals surface area contributed by atoms with Crippen LogP contribution in [-0.4, -0.2) is 16.3 Å². The lowest BCUT2D eigenvalue weighted by Gasteiger charge is -2.11. The molecular formula is C20H18N4O4. The Balaban J connectivity index is 2.02. The largest absolute Gasteiger partial charge is 0.494 e. The maximum absolute atomic E-state index is 12.8. The highest BCUT2D eigenvalue weighted by molar-refractivity contribution is 5.57. The molecule has 0 unspecified atom stereocenters. The molecule has 0 aliphatic heterocycles. The third-order valence-corrected chi connectivity index (χ3v) is 4.08. The lowest BCUT2D eigenvalue weighted by molar-refractivity contribution is 0.340. The molecule has 0 aliphatic carbocycles. The van der Waals surface area contributed by atoms with E-state index in [0.29, 0.717) is 23.8 Å². The first-order valence-corrected chi connectivity index (χ1v) is 8.58. The first-order valence-electron chi connectivity index (χ1n) is 8.58. The summed E-state index contributed by atoms with van der Waals surface area (Å²) in [5.41, 5.74) is 0.156. The highest BCUT2D eigenvalue weighted by atomic mass is 16.5. The Morgan fingerprint density at radius 3 is 2.61 bits per heavy atom. The standard InChI is InChI=1S/C20H18N4O4/c1-3-27-15-8-6-14(7-9-15)22-23-18-13(2)17(11-21)19(25)24(20(18)26)12-16-5-4-10-28-16/h4-10,25H,3,12H2,1-2H3. The highest BCUT2D eigenvalue weighted by Crippen LogP contribution is 2.28. The van der Waals surface area contributed by atoms with Crippen molar-refractivity contribution in [3.63, 3.8) is 0 Å². The van der Waals surface area contributed by atoms with E-state index in [0.717, 1.165) is 4.57 Å². The molecule has 8 heteroatoms. The fourth-order valence-electron chi connectivity index (χ4n) is 2.65. The van der Waals surface area contributed by atoms with E-state index in [4.69, 9.17) is 9.15 Å². The number of benzene rings is 1. The van der Waals surface area contributed by atoms with Crippen molar-refractivity contribution >= 4 is 11.4 Å². The molecule has 1 aromatic carbocycles. The molecule has 0 bridgehead atoms. The Bertz CT molecular complexity index is 1090. The van der Waals surface area contributed by atoms with Crippen molar-refractivity contribution in [1.29, 1.82) is 5.26 Å². The van der Waals surface area contributed by atoms with Gasteiger partial charge in [0.2, 0.25) is 5.88 Å². The summed E-state index contributed by atoms with van der Waals surface area (Å²) in [7, 11) is 0. The van der Waals surface area contributed by atoms with Gasteiger partial charge in [0, 0.05) is 5.56 Å². The van der Waals surface area contributed by atoms with Gasteiger partial charge in [-0.1, -0.05) is 0 Å². The molecule has 0 fully saturated rings. The van der Waals surface area contributed by atoms with Gasteiger partial charge in [0.25, 0.3) is 5.56 Å². The average molecular weight is 378 g/mol. The maximum Gasteiger partial charge on any atom is 0.281 e. The van der Waals surface area contributed by atoms with Crippen LogP contribution in [0.3, 0.4) is 0 Å². The van der Waals surface area contributed by atoms with E-state index in [1.54, 1.807) is 43.3 Å². The van der Waals surface area contributed by atoms with Gasteiger partial charge in [-0.25, -0.2) is 0 Å². The summed E-state index contributed by atoms with van der Waals surface area (Å²) in [5.74, 6) is 0.732. The zero-order valence-electron chi connectivity index (χ0n) is 15.4. The molecule has 3 rings (SSSR count).